The summed E-state index contributed by atoms with van der Waals surface area (Å²) in [6.07, 6.45) is 1.83. The number of aromatic carboxylic acids is 1. The van der Waals surface area contributed by atoms with Crippen LogP contribution in [0.4, 0.5) is 10.5 Å². The highest BCUT2D eigenvalue weighted by molar-refractivity contribution is 5.93. The molecule has 1 aromatic carbocycles. The van der Waals surface area contributed by atoms with E-state index in [1.54, 1.807) is 0 Å². The van der Waals surface area contributed by atoms with Gasteiger partial charge in [-0.05, 0) is 37.0 Å². The van der Waals surface area contributed by atoms with Crippen LogP contribution in [0.1, 0.15) is 23.2 Å². The Morgan fingerprint density at radius 2 is 2.00 bits per heavy atom. The zero-order chi connectivity index (χ0) is 15.2. The smallest absolute Gasteiger partial charge is 0.335 e. The van der Waals surface area contributed by atoms with Gasteiger partial charge in [0.2, 0.25) is 0 Å². The number of carbonyl (C=O) groups excluding carboxylic acids is 1. The van der Waals surface area contributed by atoms with E-state index >= 15 is 0 Å². The second-order valence-electron chi connectivity index (χ2n) is 4.93. The lowest BCUT2D eigenvalue weighted by Crippen LogP contribution is -2.35. The summed E-state index contributed by atoms with van der Waals surface area (Å²) in [6, 6.07) is 3.33. The van der Waals surface area contributed by atoms with Gasteiger partial charge in [-0.3, -0.25) is 0 Å². The first kappa shape index (κ1) is 15.1. The minimum Gasteiger partial charge on any atom is -0.506 e. The van der Waals surface area contributed by atoms with Crippen molar-refractivity contribution < 1.29 is 24.5 Å². The van der Waals surface area contributed by atoms with E-state index in [1.807, 2.05) is 0 Å². The van der Waals surface area contributed by atoms with Crippen LogP contribution in [0.2, 0.25) is 0 Å². The number of hydrogen-bond donors (Lipinski definition) is 4. The molecular weight excluding hydrogens is 276 g/mol. The molecule has 7 nitrogen and oxygen atoms in total. The summed E-state index contributed by atoms with van der Waals surface area (Å²) in [5, 5.41) is 23.7. The van der Waals surface area contributed by atoms with E-state index in [9.17, 15) is 14.7 Å². The fourth-order valence-electron chi connectivity index (χ4n) is 2.12. The van der Waals surface area contributed by atoms with Crippen molar-refractivity contribution in [3.8, 4) is 5.75 Å². The van der Waals surface area contributed by atoms with Gasteiger partial charge in [-0.25, -0.2) is 9.59 Å². The number of ether oxygens (including phenoxy) is 1. The molecule has 1 aliphatic heterocycles. The van der Waals surface area contributed by atoms with Crippen molar-refractivity contribution in [1.82, 2.24) is 5.32 Å². The first-order valence-electron chi connectivity index (χ1n) is 6.75. The van der Waals surface area contributed by atoms with E-state index in [2.05, 4.69) is 10.6 Å². The molecule has 1 aromatic rings. The maximum absolute atomic E-state index is 11.7. The predicted molar refractivity (Wildman–Crippen MR) is 75.6 cm³/mol. The number of benzene rings is 1. The summed E-state index contributed by atoms with van der Waals surface area (Å²) >= 11 is 0. The normalized spacial score (nSPS) is 15.4. The van der Waals surface area contributed by atoms with Crippen molar-refractivity contribution in [2.24, 2.45) is 5.92 Å². The Labute approximate surface area is 121 Å². The Hall–Kier alpha value is -2.28. The van der Waals surface area contributed by atoms with Crippen LogP contribution in [0.15, 0.2) is 18.2 Å². The largest absolute Gasteiger partial charge is 0.506 e. The fraction of sp³-hybridized carbons (Fsp3) is 0.429. The Kier molecular flexibility index (Phi) is 4.99. The second-order valence-corrected chi connectivity index (χ2v) is 4.93. The summed E-state index contributed by atoms with van der Waals surface area (Å²) < 4.78 is 5.24. The molecule has 4 N–H and O–H groups in total. The van der Waals surface area contributed by atoms with Gasteiger partial charge in [0.15, 0.2) is 0 Å². The quantitative estimate of drug-likeness (QED) is 0.631. The highest BCUT2D eigenvalue weighted by atomic mass is 16.5. The lowest BCUT2D eigenvalue weighted by atomic mass is 10.0. The van der Waals surface area contributed by atoms with Crippen LogP contribution in [0, 0.1) is 5.92 Å². The van der Waals surface area contributed by atoms with Crippen LogP contribution >= 0.6 is 0 Å². The molecule has 0 aromatic heterocycles. The van der Waals surface area contributed by atoms with E-state index in [4.69, 9.17) is 9.84 Å². The Balaban J connectivity index is 1.85. The molecule has 0 spiro atoms. The minimum absolute atomic E-state index is 0.0411. The number of urea groups is 1. The van der Waals surface area contributed by atoms with Crippen molar-refractivity contribution in [2.45, 2.75) is 12.8 Å². The SMILES string of the molecule is O=C(NCC1CCOCC1)Nc1ccc(C(=O)O)cc1O. The van der Waals surface area contributed by atoms with Crippen molar-refractivity contribution >= 4 is 17.7 Å². The number of rotatable bonds is 4. The summed E-state index contributed by atoms with van der Waals surface area (Å²) in [6.45, 7) is 1.97. The van der Waals surface area contributed by atoms with Crippen molar-refractivity contribution in [3.63, 3.8) is 0 Å². The number of phenols is 1. The lowest BCUT2D eigenvalue weighted by molar-refractivity contribution is 0.0670. The van der Waals surface area contributed by atoms with E-state index in [0.29, 0.717) is 25.7 Å². The number of aromatic hydroxyl groups is 1. The average Bonchev–Trinajstić information content (AvgIpc) is 2.48. The third kappa shape index (κ3) is 4.35. The third-order valence-electron chi connectivity index (χ3n) is 3.39. The molecule has 2 rings (SSSR count). The molecule has 0 unspecified atom stereocenters. The van der Waals surface area contributed by atoms with Crippen molar-refractivity contribution in [3.05, 3.63) is 23.8 Å². The third-order valence-corrected chi connectivity index (χ3v) is 3.39. The predicted octanol–water partition coefficient (Wildman–Crippen LogP) is 1.64. The van der Waals surface area contributed by atoms with Gasteiger partial charge in [-0.1, -0.05) is 0 Å². The fourth-order valence-corrected chi connectivity index (χ4v) is 2.12. The maximum atomic E-state index is 11.7. The topological polar surface area (TPSA) is 108 Å². The van der Waals surface area contributed by atoms with Crippen LogP contribution in [0.5, 0.6) is 5.75 Å². The van der Waals surface area contributed by atoms with Crippen LogP contribution in [0.3, 0.4) is 0 Å². The van der Waals surface area contributed by atoms with Gasteiger partial charge >= 0.3 is 12.0 Å². The van der Waals surface area contributed by atoms with E-state index in [1.165, 1.54) is 12.1 Å². The number of carboxylic acids is 1. The Bertz CT molecular complexity index is 526. The summed E-state index contributed by atoms with van der Waals surface area (Å²) in [4.78, 5) is 22.5. The van der Waals surface area contributed by atoms with Gasteiger partial charge in [0.25, 0.3) is 0 Å². The van der Waals surface area contributed by atoms with Gasteiger partial charge in [-0.15, -0.1) is 0 Å². The molecule has 1 aliphatic rings. The molecule has 21 heavy (non-hydrogen) atoms. The van der Waals surface area contributed by atoms with E-state index < -0.39 is 12.0 Å². The number of amides is 2. The van der Waals surface area contributed by atoms with E-state index in [-0.39, 0.29) is 17.0 Å². The first-order valence-corrected chi connectivity index (χ1v) is 6.75. The maximum Gasteiger partial charge on any atom is 0.335 e. The lowest BCUT2D eigenvalue weighted by Gasteiger charge is -2.22. The van der Waals surface area contributed by atoms with Crippen LogP contribution in [-0.2, 0) is 4.74 Å². The number of carboxylic acid groups (broad SMARTS) is 1. The molecule has 0 bridgehead atoms. The standard InChI is InChI=1S/C14H18N2O5/c17-12-7-10(13(18)19)1-2-11(12)16-14(20)15-8-9-3-5-21-6-4-9/h1-2,7,9,17H,3-6,8H2,(H,18,19)(H2,15,16,20). The second kappa shape index (κ2) is 6.94. The molecule has 2 amide bonds. The van der Waals surface area contributed by atoms with Crippen LogP contribution < -0.4 is 10.6 Å². The zero-order valence-electron chi connectivity index (χ0n) is 11.5. The molecule has 1 fully saturated rings. The van der Waals surface area contributed by atoms with Gasteiger partial charge < -0.3 is 25.6 Å². The summed E-state index contributed by atoms with van der Waals surface area (Å²) in [7, 11) is 0. The molecular formula is C14H18N2O5. The number of carbonyl (C=O) groups is 2. The van der Waals surface area contributed by atoms with Gasteiger partial charge in [0.05, 0.1) is 11.3 Å². The summed E-state index contributed by atoms with van der Waals surface area (Å²) in [5.74, 6) is -1.02. The Morgan fingerprint density at radius 3 is 2.62 bits per heavy atom. The Morgan fingerprint density at radius 1 is 1.29 bits per heavy atom. The van der Waals surface area contributed by atoms with Crippen molar-refractivity contribution in [1.29, 1.82) is 0 Å². The zero-order valence-corrected chi connectivity index (χ0v) is 11.5. The molecule has 1 heterocycles. The van der Waals surface area contributed by atoms with E-state index in [0.717, 1.165) is 18.9 Å². The number of hydrogen-bond acceptors (Lipinski definition) is 4. The molecule has 1 saturated heterocycles. The summed E-state index contributed by atoms with van der Waals surface area (Å²) in [5.41, 5.74) is 0.130. The number of phenolic OH excluding ortho intramolecular Hbond substituents is 1. The van der Waals surface area contributed by atoms with Crippen LogP contribution in [0.25, 0.3) is 0 Å². The van der Waals surface area contributed by atoms with Gasteiger partial charge in [0, 0.05) is 19.8 Å². The minimum atomic E-state index is -1.14. The average molecular weight is 294 g/mol. The molecule has 114 valence electrons. The molecule has 0 aliphatic carbocycles. The highest BCUT2D eigenvalue weighted by Crippen LogP contribution is 2.24. The number of anilines is 1. The number of nitrogens with one attached hydrogen (secondary N) is 2. The monoisotopic (exact) mass is 294 g/mol. The van der Waals surface area contributed by atoms with Crippen LogP contribution in [-0.4, -0.2) is 42.0 Å². The van der Waals surface area contributed by atoms with Gasteiger partial charge in [0.1, 0.15) is 5.75 Å². The molecule has 0 saturated carbocycles. The molecule has 0 atom stereocenters. The van der Waals surface area contributed by atoms with Crippen molar-refractivity contribution in [2.75, 3.05) is 25.1 Å². The molecule has 0 radical (unpaired) electrons. The molecule has 7 heteroatoms. The first-order chi connectivity index (χ1) is 10.1. The van der Waals surface area contributed by atoms with Gasteiger partial charge in [-0.2, -0.15) is 0 Å². The highest BCUT2D eigenvalue weighted by Gasteiger charge is 2.15.